The van der Waals surface area contributed by atoms with Crippen LogP contribution < -0.4 is 10.2 Å². The number of nitrogens with zero attached hydrogens (tertiary/aromatic N) is 5. The third-order valence-corrected chi connectivity index (χ3v) is 5.64. The van der Waals surface area contributed by atoms with Gasteiger partial charge in [-0.05, 0) is 61.0 Å². The molecular formula is C24H22N6O2S. The standard InChI is InChI=1S/C24H22N6O2S/c1-17-3-7-20(8-4-17)30-23(19-11-13-25-14-12-19)28-29-24(30)33-16-22(31)27-26-15-18-5-9-21(32-2)10-6-18/h3-15H,16H2,1-2H3,(H,27,31). The van der Waals surface area contributed by atoms with Crippen LogP contribution in [0.2, 0.25) is 0 Å². The lowest BCUT2D eigenvalue weighted by atomic mass is 10.2. The second kappa shape index (κ2) is 10.6. The Labute approximate surface area is 195 Å². The van der Waals surface area contributed by atoms with E-state index in [9.17, 15) is 4.79 Å². The van der Waals surface area contributed by atoms with E-state index in [1.54, 1.807) is 25.7 Å². The highest BCUT2D eigenvalue weighted by molar-refractivity contribution is 7.99. The lowest BCUT2D eigenvalue weighted by molar-refractivity contribution is -0.118. The van der Waals surface area contributed by atoms with E-state index < -0.39 is 0 Å². The van der Waals surface area contributed by atoms with E-state index in [-0.39, 0.29) is 11.7 Å². The molecule has 1 N–H and O–H groups in total. The molecule has 0 aliphatic heterocycles. The van der Waals surface area contributed by atoms with Crippen molar-refractivity contribution >= 4 is 23.9 Å². The summed E-state index contributed by atoms with van der Waals surface area (Å²) >= 11 is 1.29. The van der Waals surface area contributed by atoms with E-state index in [2.05, 4.69) is 25.7 Å². The second-order valence-corrected chi connectivity index (χ2v) is 8.01. The van der Waals surface area contributed by atoms with E-state index in [0.29, 0.717) is 11.0 Å². The fourth-order valence-corrected chi connectivity index (χ4v) is 3.75. The van der Waals surface area contributed by atoms with Crippen LogP contribution >= 0.6 is 11.8 Å². The van der Waals surface area contributed by atoms with E-state index >= 15 is 0 Å². The van der Waals surface area contributed by atoms with Crippen LogP contribution in [0.4, 0.5) is 0 Å². The number of pyridine rings is 1. The zero-order valence-electron chi connectivity index (χ0n) is 18.2. The quantitative estimate of drug-likeness (QED) is 0.245. The average Bonchev–Trinajstić information content (AvgIpc) is 3.28. The fraction of sp³-hybridized carbons (Fsp3) is 0.125. The number of carbonyl (C=O) groups is 1. The summed E-state index contributed by atoms with van der Waals surface area (Å²) < 4.78 is 7.07. The lowest BCUT2D eigenvalue weighted by Crippen LogP contribution is -2.20. The maximum Gasteiger partial charge on any atom is 0.250 e. The molecule has 1 amide bonds. The Morgan fingerprint density at radius 2 is 1.79 bits per heavy atom. The van der Waals surface area contributed by atoms with Gasteiger partial charge in [-0.1, -0.05) is 29.5 Å². The number of methoxy groups -OCH3 is 1. The summed E-state index contributed by atoms with van der Waals surface area (Å²) in [6.07, 6.45) is 5.01. The predicted octanol–water partition coefficient (Wildman–Crippen LogP) is 3.89. The number of carbonyl (C=O) groups excluding carboxylic acids is 1. The minimum Gasteiger partial charge on any atom is -0.497 e. The summed E-state index contributed by atoms with van der Waals surface area (Å²) in [5.41, 5.74) is 6.36. The normalized spacial score (nSPS) is 11.0. The van der Waals surface area contributed by atoms with Gasteiger partial charge in [0.2, 0.25) is 0 Å². The molecule has 4 aromatic rings. The van der Waals surface area contributed by atoms with Crippen LogP contribution in [0, 0.1) is 6.92 Å². The number of ether oxygens (including phenoxy) is 1. The SMILES string of the molecule is COc1ccc(C=NNC(=O)CSc2nnc(-c3ccncc3)n2-c2ccc(C)cc2)cc1. The highest BCUT2D eigenvalue weighted by Crippen LogP contribution is 2.27. The van der Waals surface area contributed by atoms with Gasteiger partial charge in [0.15, 0.2) is 11.0 Å². The number of aryl methyl sites for hydroxylation is 1. The van der Waals surface area contributed by atoms with Crippen molar-refractivity contribution in [3.63, 3.8) is 0 Å². The molecule has 0 saturated carbocycles. The number of hydrogen-bond donors (Lipinski definition) is 1. The van der Waals surface area contributed by atoms with Gasteiger partial charge in [-0.3, -0.25) is 14.3 Å². The summed E-state index contributed by atoms with van der Waals surface area (Å²) in [6.45, 7) is 2.03. The molecule has 0 radical (unpaired) electrons. The minimum absolute atomic E-state index is 0.139. The Morgan fingerprint density at radius 1 is 1.06 bits per heavy atom. The van der Waals surface area contributed by atoms with Gasteiger partial charge in [-0.2, -0.15) is 5.10 Å². The summed E-state index contributed by atoms with van der Waals surface area (Å²) in [5, 5.41) is 13.3. The Morgan fingerprint density at radius 3 is 2.48 bits per heavy atom. The van der Waals surface area contributed by atoms with Crippen LogP contribution in [-0.4, -0.2) is 44.7 Å². The molecule has 0 saturated heterocycles. The Kier molecular flexibility index (Phi) is 7.11. The van der Waals surface area contributed by atoms with Crippen molar-refractivity contribution in [2.24, 2.45) is 5.10 Å². The number of hydrogen-bond acceptors (Lipinski definition) is 7. The maximum absolute atomic E-state index is 12.3. The van der Waals surface area contributed by atoms with Crippen LogP contribution in [0.25, 0.3) is 17.1 Å². The molecule has 8 nitrogen and oxygen atoms in total. The zero-order valence-corrected chi connectivity index (χ0v) is 19.0. The van der Waals surface area contributed by atoms with E-state index in [4.69, 9.17) is 4.74 Å². The monoisotopic (exact) mass is 458 g/mol. The number of amides is 1. The number of thioether (sulfide) groups is 1. The van der Waals surface area contributed by atoms with Gasteiger partial charge in [0.25, 0.3) is 5.91 Å². The molecule has 0 unspecified atom stereocenters. The first kappa shape index (κ1) is 22.2. The zero-order chi connectivity index (χ0) is 23.0. The van der Waals surface area contributed by atoms with Crippen LogP contribution in [0.15, 0.2) is 83.3 Å². The number of aromatic nitrogens is 4. The van der Waals surface area contributed by atoms with E-state index in [1.165, 1.54) is 11.8 Å². The Bertz CT molecular complexity index is 1240. The Hall–Kier alpha value is -3.98. The van der Waals surface area contributed by atoms with Gasteiger partial charge in [0, 0.05) is 23.6 Å². The van der Waals surface area contributed by atoms with Crippen molar-refractivity contribution in [3.8, 4) is 22.8 Å². The molecular weight excluding hydrogens is 436 g/mol. The Balaban J connectivity index is 1.47. The number of rotatable bonds is 8. The second-order valence-electron chi connectivity index (χ2n) is 7.07. The topological polar surface area (TPSA) is 94.3 Å². The van der Waals surface area contributed by atoms with Crippen molar-refractivity contribution in [1.82, 2.24) is 25.2 Å². The summed E-state index contributed by atoms with van der Waals surface area (Å²) in [4.78, 5) is 16.4. The number of benzene rings is 2. The molecule has 0 aliphatic carbocycles. The molecule has 2 aromatic heterocycles. The molecule has 4 rings (SSSR count). The highest BCUT2D eigenvalue weighted by Gasteiger charge is 2.17. The van der Waals surface area contributed by atoms with Gasteiger partial charge in [-0.15, -0.1) is 10.2 Å². The first-order valence-electron chi connectivity index (χ1n) is 10.2. The molecule has 2 aromatic carbocycles. The molecule has 9 heteroatoms. The van der Waals surface area contributed by atoms with Gasteiger partial charge in [-0.25, -0.2) is 5.43 Å². The van der Waals surface area contributed by atoms with Gasteiger partial charge in [0.05, 0.1) is 19.1 Å². The first-order chi connectivity index (χ1) is 16.1. The largest absolute Gasteiger partial charge is 0.497 e. The van der Waals surface area contributed by atoms with Crippen molar-refractivity contribution in [1.29, 1.82) is 0 Å². The van der Waals surface area contributed by atoms with Gasteiger partial charge < -0.3 is 4.74 Å². The summed E-state index contributed by atoms with van der Waals surface area (Å²) in [5.74, 6) is 1.34. The third kappa shape index (κ3) is 5.64. The van der Waals surface area contributed by atoms with Crippen molar-refractivity contribution < 1.29 is 9.53 Å². The highest BCUT2D eigenvalue weighted by atomic mass is 32.2. The average molecular weight is 459 g/mol. The number of nitrogens with one attached hydrogen (secondary N) is 1. The van der Waals surface area contributed by atoms with Gasteiger partial charge >= 0.3 is 0 Å². The summed E-state index contributed by atoms with van der Waals surface area (Å²) in [7, 11) is 1.61. The van der Waals surface area contributed by atoms with Crippen molar-refractivity contribution in [3.05, 3.63) is 84.2 Å². The van der Waals surface area contributed by atoms with Crippen molar-refractivity contribution in [2.75, 3.05) is 12.9 Å². The van der Waals surface area contributed by atoms with Gasteiger partial charge in [0.1, 0.15) is 5.75 Å². The minimum atomic E-state index is -0.242. The molecule has 166 valence electrons. The molecule has 0 spiro atoms. The summed E-state index contributed by atoms with van der Waals surface area (Å²) in [6, 6.07) is 19.2. The molecule has 2 heterocycles. The molecule has 0 aliphatic rings. The molecule has 0 bridgehead atoms. The van der Waals surface area contributed by atoms with E-state index in [0.717, 1.165) is 28.1 Å². The van der Waals surface area contributed by atoms with Crippen LogP contribution in [0.5, 0.6) is 5.75 Å². The van der Waals surface area contributed by atoms with Crippen LogP contribution in [0.3, 0.4) is 0 Å². The van der Waals surface area contributed by atoms with E-state index in [1.807, 2.05) is 72.2 Å². The van der Waals surface area contributed by atoms with Crippen LogP contribution in [0.1, 0.15) is 11.1 Å². The third-order valence-electron chi connectivity index (χ3n) is 4.72. The predicted molar refractivity (Wildman–Crippen MR) is 129 cm³/mol. The first-order valence-corrected chi connectivity index (χ1v) is 11.1. The van der Waals surface area contributed by atoms with Crippen molar-refractivity contribution in [2.45, 2.75) is 12.1 Å². The fourth-order valence-electron chi connectivity index (χ4n) is 3.01. The number of hydrazone groups is 1. The molecule has 33 heavy (non-hydrogen) atoms. The molecule has 0 fully saturated rings. The van der Waals surface area contributed by atoms with Crippen LogP contribution in [-0.2, 0) is 4.79 Å². The lowest BCUT2D eigenvalue weighted by Gasteiger charge is -2.10. The smallest absolute Gasteiger partial charge is 0.250 e. The molecule has 0 atom stereocenters. The maximum atomic E-state index is 12.3.